The summed E-state index contributed by atoms with van der Waals surface area (Å²) in [6.45, 7) is 4.42. The predicted octanol–water partition coefficient (Wildman–Crippen LogP) is 5.57. The zero-order chi connectivity index (χ0) is 13.7. The fraction of sp³-hybridized carbons (Fsp3) is 0.294. The summed E-state index contributed by atoms with van der Waals surface area (Å²) in [5.74, 6) is 0. The van der Waals surface area contributed by atoms with Gasteiger partial charge in [0.25, 0.3) is 0 Å². The maximum Gasteiger partial charge on any atom is 0.0486 e. The largest absolute Gasteiger partial charge is 0.378 e. The highest BCUT2D eigenvalue weighted by molar-refractivity contribution is 9.10. The quantitative estimate of drug-likeness (QED) is 0.759. The van der Waals surface area contributed by atoms with Gasteiger partial charge >= 0.3 is 0 Å². The van der Waals surface area contributed by atoms with E-state index in [4.69, 9.17) is 0 Å². The van der Waals surface area contributed by atoms with E-state index >= 15 is 0 Å². The van der Waals surface area contributed by atoms with Gasteiger partial charge in [-0.15, -0.1) is 0 Å². The molecule has 1 N–H and O–H groups in total. The highest BCUT2D eigenvalue weighted by Gasteiger charge is 2.08. The topological polar surface area (TPSA) is 12.0 Å². The summed E-state index contributed by atoms with van der Waals surface area (Å²) >= 11 is 3.53. The SMILES string of the molecule is CCCc1ccccc1NC(C)c1cccc(Br)c1. The lowest BCUT2D eigenvalue weighted by Gasteiger charge is -2.18. The van der Waals surface area contributed by atoms with E-state index < -0.39 is 0 Å². The van der Waals surface area contributed by atoms with Crippen molar-refractivity contribution in [3.05, 3.63) is 64.1 Å². The Morgan fingerprint density at radius 2 is 1.89 bits per heavy atom. The molecule has 1 unspecified atom stereocenters. The molecule has 0 aromatic heterocycles. The number of aryl methyl sites for hydroxylation is 1. The number of hydrogen-bond acceptors (Lipinski definition) is 1. The lowest BCUT2D eigenvalue weighted by atomic mass is 10.0. The molecule has 0 saturated carbocycles. The maximum atomic E-state index is 3.62. The molecule has 0 fully saturated rings. The third kappa shape index (κ3) is 3.84. The number of rotatable bonds is 5. The lowest BCUT2D eigenvalue weighted by molar-refractivity contribution is 0.866. The van der Waals surface area contributed by atoms with Crippen LogP contribution in [0, 0.1) is 0 Å². The van der Waals surface area contributed by atoms with Crippen LogP contribution in [0.3, 0.4) is 0 Å². The van der Waals surface area contributed by atoms with Gasteiger partial charge in [-0.1, -0.05) is 59.6 Å². The van der Waals surface area contributed by atoms with Crippen LogP contribution >= 0.6 is 15.9 Å². The Morgan fingerprint density at radius 3 is 2.63 bits per heavy atom. The lowest BCUT2D eigenvalue weighted by Crippen LogP contribution is -2.08. The monoisotopic (exact) mass is 317 g/mol. The number of halogens is 1. The van der Waals surface area contributed by atoms with Crippen molar-refractivity contribution in [2.45, 2.75) is 32.7 Å². The van der Waals surface area contributed by atoms with E-state index in [1.807, 2.05) is 0 Å². The van der Waals surface area contributed by atoms with E-state index in [1.165, 1.54) is 23.2 Å². The van der Waals surface area contributed by atoms with Crippen LogP contribution in [0.25, 0.3) is 0 Å². The standard InChI is InChI=1S/C17H20BrN/c1-3-7-14-8-4-5-11-17(14)19-13(2)15-9-6-10-16(18)12-15/h4-6,8-13,19H,3,7H2,1-2H3. The van der Waals surface area contributed by atoms with E-state index in [-0.39, 0.29) is 0 Å². The number of benzene rings is 2. The first kappa shape index (κ1) is 14.1. The molecular formula is C17H20BrN. The molecule has 1 atom stereocenters. The second-order valence-corrected chi connectivity index (χ2v) is 5.74. The summed E-state index contributed by atoms with van der Waals surface area (Å²) in [5.41, 5.74) is 3.93. The Kier molecular flexibility index (Phi) is 5.03. The molecular weight excluding hydrogens is 298 g/mol. The molecule has 2 rings (SSSR count). The molecule has 2 heteroatoms. The minimum atomic E-state index is 0.301. The van der Waals surface area contributed by atoms with Crippen molar-refractivity contribution in [2.24, 2.45) is 0 Å². The first-order valence-corrected chi connectivity index (χ1v) is 7.60. The van der Waals surface area contributed by atoms with Gasteiger partial charge in [-0.05, 0) is 42.7 Å². The molecule has 0 heterocycles. The third-order valence-corrected chi connectivity index (χ3v) is 3.75. The van der Waals surface area contributed by atoms with Crippen LogP contribution in [0.2, 0.25) is 0 Å². The van der Waals surface area contributed by atoms with Gasteiger partial charge in [0, 0.05) is 16.2 Å². The van der Waals surface area contributed by atoms with Gasteiger partial charge in [-0.25, -0.2) is 0 Å². The van der Waals surface area contributed by atoms with Gasteiger partial charge in [0.05, 0.1) is 0 Å². The van der Waals surface area contributed by atoms with Crippen molar-refractivity contribution in [3.8, 4) is 0 Å². The first-order valence-electron chi connectivity index (χ1n) is 6.80. The normalized spacial score (nSPS) is 12.2. The van der Waals surface area contributed by atoms with Crippen molar-refractivity contribution in [1.82, 2.24) is 0 Å². The fourth-order valence-corrected chi connectivity index (χ4v) is 2.66. The zero-order valence-corrected chi connectivity index (χ0v) is 13.1. The van der Waals surface area contributed by atoms with Crippen LogP contribution in [0.4, 0.5) is 5.69 Å². The van der Waals surface area contributed by atoms with Crippen molar-refractivity contribution in [1.29, 1.82) is 0 Å². The molecule has 100 valence electrons. The van der Waals surface area contributed by atoms with Crippen LogP contribution in [0.5, 0.6) is 0 Å². The smallest absolute Gasteiger partial charge is 0.0486 e. The molecule has 0 aliphatic rings. The summed E-state index contributed by atoms with van der Waals surface area (Å²) in [6.07, 6.45) is 2.29. The molecule has 0 saturated heterocycles. The number of anilines is 1. The van der Waals surface area contributed by atoms with Gasteiger partial charge in [0.2, 0.25) is 0 Å². The van der Waals surface area contributed by atoms with Crippen molar-refractivity contribution in [3.63, 3.8) is 0 Å². The van der Waals surface area contributed by atoms with Gasteiger partial charge in [-0.2, -0.15) is 0 Å². The van der Waals surface area contributed by atoms with Crippen molar-refractivity contribution >= 4 is 21.6 Å². The Labute approximate surface area is 124 Å². The average molecular weight is 318 g/mol. The summed E-state index contributed by atoms with van der Waals surface area (Å²) < 4.78 is 1.13. The van der Waals surface area contributed by atoms with E-state index in [0.717, 1.165) is 10.9 Å². The molecule has 2 aromatic carbocycles. The van der Waals surface area contributed by atoms with Crippen LogP contribution in [-0.4, -0.2) is 0 Å². The van der Waals surface area contributed by atoms with E-state index in [1.54, 1.807) is 0 Å². The van der Waals surface area contributed by atoms with Gasteiger partial charge < -0.3 is 5.32 Å². The number of hydrogen-bond donors (Lipinski definition) is 1. The molecule has 0 bridgehead atoms. The molecule has 0 amide bonds. The van der Waals surface area contributed by atoms with Gasteiger partial charge in [0.15, 0.2) is 0 Å². The van der Waals surface area contributed by atoms with Crippen LogP contribution < -0.4 is 5.32 Å². The summed E-state index contributed by atoms with van der Waals surface area (Å²) in [6, 6.07) is 17.3. The third-order valence-electron chi connectivity index (χ3n) is 3.26. The Morgan fingerprint density at radius 1 is 1.11 bits per heavy atom. The molecule has 0 spiro atoms. The Bertz CT molecular complexity index is 536. The summed E-state index contributed by atoms with van der Waals surface area (Å²) in [4.78, 5) is 0. The molecule has 0 aliphatic heterocycles. The molecule has 19 heavy (non-hydrogen) atoms. The first-order chi connectivity index (χ1) is 9.20. The average Bonchev–Trinajstić information content (AvgIpc) is 2.41. The Balaban J connectivity index is 2.16. The molecule has 0 aliphatic carbocycles. The zero-order valence-electron chi connectivity index (χ0n) is 11.5. The Hall–Kier alpha value is -1.28. The summed E-state index contributed by atoms with van der Waals surface area (Å²) in [5, 5.41) is 3.62. The highest BCUT2D eigenvalue weighted by Crippen LogP contribution is 2.24. The molecule has 1 nitrogen and oxygen atoms in total. The second-order valence-electron chi connectivity index (χ2n) is 4.83. The minimum absolute atomic E-state index is 0.301. The van der Waals surface area contributed by atoms with Crippen LogP contribution in [0.1, 0.15) is 37.4 Å². The van der Waals surface area contributed by atoms with Crippen LogP contribution in [-0.2, 0) is 6.42 Å². The van der Waals surface area contributed by atoms with E-state index in [9.17, 15) is 0 Å². The molecule has 2 aromatic rings. The van der Waals surface area contributed by atoms with E-state index in [2.05, 4.69) is 83.6 Å². The van der Waals surface area contributed by atoms with Crippen molar-refractivity contribution < 1.29 is 0 Å². The highest BCUT2D eigenvalue weighted by atomic mass is 79.9. The maximum absolute atomic E-state index is 3.62. The van der Waals surface area contributed by atoms with Crippen molar-refractivity contribution in [2.75, 3.05) is 5.32 Å². The van der Waals surface area contributed by atoms with Gasteiger partial charge in [-0.3, -0.25) is 0 Å². The predicted molar refractivity (Wildman–Crippen MR) is 86.6 cm³/mol. The number of para-hydroxylation sites is 1. The second kappa shape index (κ2) is 6.76. The van der Waals surface area contributed by atoms with E-state index in [0.29, 0.717) is 6.04 Å². The van der Waals surface area contributed by atoms with Crippen LogP contribution in [0.15, 0.2) is 53.0 Å². The molecule has 0 radical (unpaired) electrons. The number of nitrogens with one attached hydrogen (secondary N) is 1. The minimum Gasteiger partial charge on any atom is -0.378 e. The fourth-order valence-electron chi connectivity index (χ4n) is 2.24. The summed E-state index contributed by atoms with van der Waals surface area (Å²) in [7, 11) is 0. The van der Waals surface area contributed by atoms with Gasteiger partial charge in [0.1, 0.15) is 0 Å².